The van der Waals surface area contributed by atoms with E-state index in [4.69, 9.17) is 10.5 Å². The lowest BCUT2D eigenvalue weighted by atomic mass is 10.0. The van der Waals surface area contributed by atoms with E-state index in [1.165, 1.54) is 0 Å². The lowest BCUT2D eigenvalue weighted by Crippen LogP contribution is -2.58. The quantitative estimate of drug-likeness (QED) is 0.462. The van der Waals surface area contributed by atoms with Gasteiger partial charge in [-0.15, -0.1) is 0 Å². The molecule has 0 bridgehead atoms. The van der Waals surface area contributed by atoms with E-state index in [1.54, 1.807) is 0 Å². The summed E-state index contributed by atoms with van der Waals surface area (Å²) in [5.74, 6) is 0.729. The number of rotatable bonds is 1. The Morgan fingerprint density at radius 2 is 2.29 bits per heavy atom. The molecule has 2 nitrogen and oxygen atoms in total. The molecule has 0 aromatic carbocycles. The van der Waals surface area contributed by atoms with Gasteiger partial charge in [0.15, 0.2) is 0 Å². The van der Waals surface area contributed by atoms with Crippen LogP contribution in [0.2, 0.25) is 0 Å². The van der Waals surface area contributed by atoms with Gasteiger partial charge in [-0.25, -0.2) is 0 Å². The van der Waals surface area contributed by atoms with Gasteiger partial charge in [-0.2, -0.15) is 12.6 Å². The fourth-order valence-electron chi connectivity index (χ4n) is 0.456. The van der Waals surface area contributed by atoms with Gasteiger partial charge in [-0.3, -0.25) is 0 Å². The number of hydrogen-bond donors (Lipinski definition) is 2. The molecule has 0 aromatic rings. The van der Waals surface area contributed by atoms with Crippen molar-refractivity contribution in [2.24, 2.45) is 5.73 Å². The summed E-state index contributed by atoms with van der Waals surface area (Å²) in [6.07, 6.45) is 0. The van der Waals surface area contributed by atoms with E-state index < -0.39 is 0 Å². The molecule has 0 aliphatic carbocycles. The number of ether oxygens (including phenoxy) is 1. The molecule has 1 aliphatic heterocycles. The largest absolute Gasteiger partial charge is 0.377 e. The van der Waals surface area contributed by atoms with Crippen LogP contribution in [-0.2, 0) is 4.74 Å². The molecule has 0 amide bonds. The van der Waals surface area contributed by atoms with Gasteiger partial charge in [0.25, 0.3) is 0 Å². The van der Waals surface area contributed by atoms with Crippen LogP contribution in [0.5, 0.6) is 0 Å². The van der Waals surface area contributed by atoms with Crippen LogP contribution in [0.3, 0.4) is 0 Å². The molecule has 42 valence electrons. The minimum Gasteiger partial charge on any atom is -0.377 e. The van der Waals surface area contributed by atoms with E-state index in [1.807, 2.05) is 0 Å². The number of thiol groups is 1. The van der Waals surface area contributed by atoms with Crippen molar-refractivity contribution in [2.45, 2.75) is 5.54 Å². The molecule has 7 heavy (non-hydrogen) atoms. The Morgan fingerprint density at radius 1 is 1.71 bits per heavy atom. The van der Waals surface area contributed by atoms with E-state index in [0.29, 0.717) is 13.2 Å². The molecule has 0 spiro atoms. The van der Waals surface area contributed by atoms with Crippen molar-refractivity contribution in [1.29, 1.82) is 0 Å². The second kappa shape index (κ2) is 1.65. The Balaban J connectivity index is 2.29. The van der Waals surface area contributed by atoms with E-state index >= 15 is 0 Å². The monoisotopic (exact) mass is 119 g/mol. The van der Waals surface area contributed by atoms with Gasteiger partial charge < -0.3 is 10.5 Å². The summed E-state index contributed by atoms with van der Waals surface area (Å²) in [5, 5.41) is 0. The Kier molecular flexibility index (Phi) is 1.28. The van der Waals surface area contributed by atoms with Gasteiger partial charge in [0, 0.05) is 5.75 Å². The Labute approximate surface area is 48.4 Å². The minimum absolute atomic E-state index is 0.0941. The summed E-state index contributed by atoms with van der Waals surface area (Å²) >= 11 is 4.03. The van der Waals surface area contributed by atoms with Crippen LogP contribution in [0.1, 0.15) is 0 Å². The SMILES string of the molecule is NC1(CS)COC1. The molecule has 0 radical (unpaired) electrons. The third-order valence-corrected chi connectivity index (χ3v) is 1.72. The molecule has 1 rings (SSSR count). The van der Waals surface area contributed by atoms with Crippen molar-refractivity contribution < 1.29 is 4.74 Å². The summed E-state index contributed by atoms with van der Waals surface area (Å²) in [5.41, 5.74) is 5.51. The molecule has 2 N–H and O–H groups in total. The fourth-order valence-corrected chi connectivity index (χ4v) is 0.638. The summed E-state index contributed by atoms with van der Waals surface area (Å²) in [6, 6.07) is 0. The van der Waals surface area contributed by atoms with Gasteiger partial charge in [-0.1, -0.05) is 0 Å². The van der Waals surface area contributed by atoms with E-state index in [2.05, 4.69) is 12.6 Å². The first-order valence-corrected chi connectivity index (χ1v) is 2.88. The number of nitrogens with two attached hydrogens (primary N) is 1. The van der Waals surface area contributed by atoms with E-state index in [-0.39, 0.29) is 5.54 Å². The average molecular weight is 119 g/mol. The molecule has 3 heteroatoms. The van der Waals surface area contributed by atoms with Crippen molar-refractivity contribution in [1.82, 2.24) is 0 Å². The summed E-state index contributed by atoms with van der Waals surface area (Å²) in [6.45, 7) is 1.35. The second-order valence-corrected chi connectivity index (χ2v) is 2.33. The van der Waals surface area contributed by atoms with Crippen molar-refractivity contribution >= 4 is 12.6 Å². The van der Waals surface area contributed by atoms with Gasteiger partial charge in [0.05, 0.1) is 18.8 Å². The zero-order valence-electron chi connectivity index (χ0n) is 4.05. The average Bonchev–Trinajstić information content (AvgIpc) is 1.61. The topological polar surface area (TPSA) is 35.2 Å². The zero-order valence-corrected chi connectivity index (χ0v) is 4.95. The van der Waals surface area contributed by atoms with Crippen LogP contribution >= 0.6 is 12.6 Å². The molecule has 0 unspecified atom stereocenters. The highest BCUT2D eigenvalue weighted by atomic mass is 32.1. The van der Waals surface area contributed by atoms with E-state index in [0.717, 1.165) is 5.75 Å². The van der Waals surface area contributed by atoms with Gasteiger partial charge in [0.2, 0.25) is 0 Å². The maximum atomic E-state index is 5.60. The summed E-state index contributed by atoms with van der Waals surface area (Å²) < 4.78 is 4.85. The van der Waals surface area contributed by atoms with Crippen LogP contribution < -0.4 is 5.73 Å². The highest BCUT2D eigenvalue weighted by Gasteiger charge is 2.31. The molecular weight excluding hydrogens is 110 g/mol. The van der Waals surface area contributed by atoms with Crippen molar-refractivity contribution in [3.8, 4) is 0 Å². The molecule has 0 saturated carbocycles. The molecule has 1 saturated heterocycles. The smallest absolute Gasteiger partial charge is 0.0717 e. The summed E-state index contributed by atoms with van der Waals surface area (Å²) in [4.78, 5) is 0. The molecular formula is C4H9NOS. The van der Waals surface area contributed by atoms with Crippen LogP contribution in [0.15, 0.2) is 0 Å². The van der Waals surface area contributed by atoms with Crippen molar-refractivity contribution in [3.63, 3.8) is 0 Å². The Hall–Kier alpha value is 0.270. The maximum Gasteiger partial charge on any atom is 0.0717 e. The predicted molar refractivity (Wildman–Crippen MR) is 31.6 cm³/mol. The lowest BCUT2D eigenvalue weighted by molar-refractivity contribution is -0.0405. The molecule has 0 atom stereocenters. The van der Waals surface area contributed by atoms with Crippen LogP contribution in [-0.4, -0.2) is 24.5 Å². The number of hydrogen-bond acceptors (Lipinski definition) is 3. The first-order valence-electron chi connectivity index (χ1n) is 2.24. The first-order chi connectivity index (χ1) is 3.27. The normalized spacial score (nSPS) is 26.6. The van der Waals surface area contributed by atoms with Crippen molar-refractivity contribution in [2.75, 3.05) is 19.0 Å². The third kappa shape index (κ3) is 0.900. The third-order valence-electron chi connectivity index (χ3n) is 1.09. The van der Waals surface area contributed by atoms with Gasteiger partial charge in [-0.05, 0) is 0 Å². The zero-order chi connectivity index (χ0) is 5.33. The van der Waals surface area contributed by atoms with Gasteiger partial charge in [0.1, 0.15) is 0 Å². The van der Waals surface area contributed by atoms with Crippen molar-refractivity contribution in [3.05, 3.63) is 0 Å². The maximum absolute atomic E-state index is 5.60. The molecule has 1 fully saturated rings. The summed E-state index contributed by atoms with van der Waals surface area (Å²) in [7, 11) is 0. The Bertz CT molecular complexity index is 66.6. The van der Waals surface area contributed by atoms with Gasteiger partial charge >= 0.3 is 0 Å². The Morgan fingerprint density at radius 3 is 2.29 bits per heavy atom. The molecule has 1 aliphatic rings. The van der Waals surface area contributed by atoms with Crippen LogP contribution in [0.25, 0.3) is 0 Å². The minimum atomic E-state index is -0.0941. The molecule has 1 heterocycles. The van der Waals surface area contributed by atoms with Crippen LogP contribution in [0, 0.1) is 0 Å². The molecule has 0 aromatic heterocycles. The second-order valence-electron chi connectivity index (χ2n) is 2.01. The standard InChI is InChI=1S/C4H9NOS/c5-4(3-7)1-6-2-4/h7H,1-3,5H2. The van der Waals surface area contributed by atoms with E-state index in [9.17, 15) is 0 Å². The fraction of sp³-hybridized carbons (Fsp3) is 1.00. The predicted octanol–water partition coefficient (Wildman–Crippen LogP) is -0.356. The highest BCUT2D eigenvalue weighted by Crippen LogP contribution is 2.13. The first kappa shape index (κ1) is 5.41. The van der Waals surface area contributed by atoms with Crippen LogP contribution in [0.4, 0.5) is 0 Å². The highest BCUT2D eigenvalue weighted by molar-refractivity contribution is 7.80. The lowest BCUT2D eigenvalue weighted by Gasteiger charge is -2.36.